The molecular weight excluding hydrogens is 446 g/mol. The third kappa shape index (κ3) is 8.34. The van der Waals surface area contributed by atoms with E-state index < -0.39 is 23.2 Å². The van der Waals surface area contributed by atoms with Gasteiger partial charge in [-0.1, -0.05) is 18.8 Å². The van der Waals surface area contributed by atoms with Gasteiger partial charge in [0.25, 0.3) is 5.56 Å². The molecule has 12 heteroatoms. The maximum absolute atomic E-state index is 12.8. The molecule has 0 radical (unpaired) electrons. The number of aromatic nitrogens is 4. The molecule has 0 aliphatic carbocycles. The highest BCUT2D eigenvalue weighted by molar-refractivity contribution is 5.89. The molecule has 0 amide bonds. The van der Waals surface area contributed by atoms with Gasteiger partial charge in [-0.15, -0.1) is 0 Å². The molecule has 0 aliphatic rings. The Kier molecular flexibility index (Phi) is 10.4. The summed E-state index contributed by atoms with van der Waals surface area (Å²) in [5.41, 5.74) is -1.32. The van der Waals surface area contributed by atoms with Crippen molar-refractivity contribution in [3.63, 3.8) is 0 Å². The first-order chi connectivity index (χ1) is 15.8. The second kappa shape index (κ2) is 12.5. The van der Waals surface area contributed by atoms with Crippen LogP contribution in [0.4, 0.5) is 0 Å². The van der Waals surface area contributed by atoms with E-state index in [-0.39, 0.29) is 18.5 Å². The van der Waals surface area contributed by atoms with Crippen molar-refractivity contribution >= 4 is 23.1 Å². The molecule has 186 valence electrons. The lowest BCUT2D eigenvalue weighted by Crippen LogP contribution is -2.41. The molecule has 1 atom stereocenters. The van der Waals surface area contributed by atoms with E-state index in [9.17, 15) is 24.3 Å². The van der Waals surface area contributed by atoms with Crippen molar-refractivity contribution in [2.45, 2.75) is 45.4 Å². The predicted octanol–water partition coefficient (Wildman–Crippen LogP) is -0.275. The van der Waals surface area contributed by atoms with Crippen LogP contribution in [0.5, 0.6) is 0 Å². The van der Waals surface area contributed by atoms with Gasteiger partial charge in [0.15, 0.2) is 11.2 Å². The number of imidazole rings is 1. The number of nitrogens with zero attached hydrogens (tertiary/aromatic N) is 5. The van der Waals surface area contributed by atoms with Gasteiger partial charge in [-0.25, -0.2) is 19.4 Å². The molecule has 0 aromatic carbocycles. The molecule has 3 N–H and O–H groups in total. The maximum atomic E-state index is 12.8. The van der Waals surface area contributed by atoms with E-state index in [1.54, 1.807) is 24.9 Å². The quantitative estimate of drug-likeness (QED) is 0.343. The number of hydrogen-bond acceptors (Lipinski definition) is 7. The summed E-state index contributed by atoms with van der Waals surface area (Å²) < 4.78 is 4.29. The minimum absolute atomic E-state index is 0.0857. The zero-order valence-electron chi connectivity index (χ0n) is 20.0. The first-order valence-corrected chi connectivity index (χ1v) is 10.5. The van der Waals surface area contributed by atoms with Crippen LogP contribution in [0.2, 0.25) is 0 Å². The van der Waals surface area contributed by atoms with Crippen LogP contribution in [-0.4, -0.2) is 77.1 Å². The molecule has 2 rings (SSSR count). The summed E-state index contributed by atoms with van der Waals surface area (Å²) in [5, 5.41) is 26.0. The lowest BCUT2D eigenvalue weighted by Gasteiger charge is -2.17. The molecule has 0 aliphatic heterocycles. The largest absolute Gasteiger partial charge is 0.478 e. The third-order valence-electron chi connectivity index (χ3n) is 4.51. The van der Waals surface area contributed by atoms with Crippen molar-refractivity contribution in [3.05, 3.63) is 39.3 Å². The summed E-state index contributed by atoms with van der Waals surface area (Å²) in [4.78, 5) is 50.6. The molecule has 34 heavy (non-hydrogen) atoms. The van der Waals surface area contributed by atoms with Crippen LogP contribution < -0.4 is 11.2 Å². The van der Waals surface area contributed by atoms with Gasteiger partial charge in [0, 0.05) is 38.7 Å². The first-order valence-electron chi connectivity index (χ1n) is 10.5. The van der Waals surface area contributed by atoms with Crippen LogP contribution in [0.3, 0.4) is 0 Å². The Labute approximate surface area is 196 Å². The van der Waals surface area contributed by atoms with Gasteiger partial charge in [-0.05, 0) is 27.4 Å². The lowest BCUT2D eigenvalue weighted by atomic mass is 10.0. The second-order valence-electron chi connectivity index (χ2n) is 7.98. The van der Waals surface area contributed by atoms with Crippen molar-refractivity contribution < 1.29 is 24.9 Å². The number of carbonyl (C=O) groups is 2. The molecule has 0 saturated carbocycles. The second-order valence-corrected chi connectivity index (χ2v) is 7.98. The fourth-order valence-electron chi connectivity index (χ4n) is 2.85. The Hall–Kier alpha value is -3.69. The highest BCUT2D eigenvalue weighted by Gasteiger charge is 2.21. The summed E-state index contributed by atoms with van der Waals surface area (Å²) in [6, 6.07) is 0. The van der Waals surface area contributed by atoms with Gasteiger partial charge in [-0.2, -0.15) is 0 Å². The zero-order valence-corrected chi connectivity index (χ0v) is 20.0. The first kappa shape index (κ1) is 28.3. The van der Waals surface area contributed by atoms with Crippen molar-refractivity contribution in [3.8, 4) is 11.8 Å². The molecule has 0 saturated heterocycles. The van der Waals surface area contributed by atoms with E-state index in [0.717, 1.165) is 11.0 Å². The molecule has 1 unspecified atom stereocenters. The molecule has 2 heterocycles. The van der Waals surface area contributed by atoms with Crippen molar-refractivity contribution in [2.75, 3.05) is 20.6 Å². The van der Waals surface area contributed by atoms with E-state index in [4.69, 9.17) is 10.2 Å². The Morgan fingerprint density at radius 3 is 2.26 bits per heavy atom. The number of aliphatic carboxylic acids is 2. The lowest BCUT2D eigenvalue weighted by molar-refractivity contribution is -0.134. The summed E-state index contributed by atoms with van der Waals surface area (Å²) in [6.07, 6.45) is 3.73. The molecule has 0 spiro atoms. The van der Waals surface area contributed by atoms with Gasteiger partial charge in [0.05, 0.1) is 12.9 Å². The molecule has 2 aromatic rings. The van der Waals surface area contributed by atoms with Crippen LogP contribution >= 0.6 is 0 Å². The maximum Gasteiger partial charge on any atom is 0.332 e. The minimum atomic E-state index is -1.28. The summed E-state index contributed by atoms with van der Waals surface area (Å²) in [6.45, 7) is 4.86. The fourth-order valence-corrected chi connectivity index (χ4v) is 2.85. The fraction of sp³-hybridized carbons (Fsp3) is 0.500. The van der Waals surface area contributed by atoms with Crippen LogP contribution in [-0.2, 0) is 29.7 Å². The number of carboxylic acid groups (broad SMARTS) is 2. The van der Waals surface area contributed by atoms with Gasteiger partial charge < -0.3 is 19.9 Å². The van der Waals surface area contributed by atoms with E-state index >= 15 is 0 Å². The monoisotopic (exact) mass is 477 g/mol. The van der Waals surface area contributed by atoms with Crippen LogP contribution in [0.25, 0.3) is 11.2 Å². The average Bonchev–Trinajstić information content (AvgIpc) is 3.15. The summed E-state index contributed by atoms with van der Waals surface area (Å²) >= 11 is 0. The predicted molar refractivity (Wildman–Crippen MR) is 126 cm³/mol. The number of hydrogen-bond donors (Lipinski definition) is 3. The van der Waals surface area contributed by atoms with Crippen LogP contribution in [0.1, 0.15) is 26.7 Å². The molecule has 12 nitrogen and oxygen atoms in total. The number of rotatable bonds is 8. The number of carboxylic acids is 2. The summed E-state index contributed by atoms with van der Waals surface area (Å²) in [5.74, 6) is 3.18. The zero-order chi connectivity index (χ0) is 26.1. The topological polar surface area (TPSA) is 160 Å². The standard InChI is InChI=1S/C18H27N5O3.C4H4O4/c1-6-10-22-13-19-15-14(22)16(24)23(17(25)21(15)5)12-9-18(2,26)8-7-11-20(3)4;5-3(6)1-2-4(7)8/h13,26H,6,9-12H2,1-5H3;1-2H,(H,5,6)(H,7,8)/b;2-1+. The van der Waals surface area contributed by atoms with Crippen LogP contribution in [0.15, 0.2) is 28.1 Å². The third-order valence-corrected chi connectivity index (χ3v) is 4.51. The van der Waals surface area contributed by atoms with Gasteiger partial charge in [0.1, 0.15) is 5.60 Å². The molecular formula is C22H31N5O7. The van der Waals surface area contributed by atoms with E-state index in [0.29, 0.717) is 36.4 Å². The molecule has 2 aromatic heterocycles. The SMILES string of the molecule is CCCn1cnc2c1c(=O)n(CCC(C)(O)C#CCN(C)C)c(=O)n2C.O=C(O)/C=C/C(=O)O. The van der Waals surface area contributed by atoms with Crippen molar-refractivity contribution in [2.24, 2.45) is 7.05 Å². The van der Waals surface area contributed by atoms with Crippen molar-refractivity contribution in [1.82, 2.24) is 23.6 Å². The van der Waals surface area contributed by atoms with Gasteiger partial charge in [-0.3, -0.25) is 18.8 Å². The molecule has 0 bridgehead atoms. The van der Waals surface area contributed by atoms with E-state index in [1.165, 1.54) is 4.57 Å². The normalized spacial score (nSPS) is 12.7. The van der Waals surface area contributed by atoms with E-state index in [2.05, 4.69) is 16.8 Å². The van der Waals surface area contributed by atoms with Gasteiger partial charge in [0.2, 0.25) is 0 Å². The average molecular weight is 478 g/mol. The number of fused-ring (bicyclic) bond motifs is 1. The minimum Gasteiger partial charge on any atom is -0.478 e. The molecule has 0 fully saturated rings. The Morgan fingerprint density at radius 1 is 1.18 bits per heavy atom. The highest BCUT2D eigenvalue weighted by Crippen LogP contribution is 2.10. The Balaban J connectivity index is 0.000000620. The Morgan fingerprint density at radius 2 is 1.76 bits per heavy atom. The summed E-state index contributed by atoms with van der Waals surface area (Å²) in [7, 11) is 5.38. The Bertz CT molecular complexity index is 1210. The van der Waals surface area contributed by atoms with E-state index in [1.807, 2.05) is 25.9 Å². The van der Waals surface area contributed by atoms with Crippen LogP contribution in [0, 0.1) is 11.8 Å². The number of aryl methyl sites for hydroxylation is 2. The van der Waals surface area contributed by atoms with Gasteiger partial charge >= 0.3 is 17.6 Å². The highest BCUT2D eigenvalue weighted by atomic mass is 16.4. The number of aliphatic hydroxyl groups is 1. The van der Waals surface area contributed by atoms with Crippen molar-refractivity contribution in [1.29, 1.82) is 0 Å². The smallest absolute Gasteiger partial charge is 0.332 e.